The maximum atomic E-state index is 11.6. The molecule has 18 heavy (non-hydrogen) atoms. The second-order valence-corrected chi connectivity index (χ2v) is 4.26. The Labute approximate surface area is 110 Å². The highest BCUT2D eigenvalue weighted by Gasteiger charge is 2.21. The molecule has 0 heterocycles. The summed E-state index contributed by atoms with van der Waals surface area (Å²) in [5.74, 6) is -2.54. The normalized spacial score (nSPS) is 11.8. The lowest BCUT2D eigenvalue weighted by atomic mass is 10.1. The lowest BCUT2D eigenvalue weighted by Crippen LogP contribution is -2.27. The van der Waals surface area contributed by atoms with E-state index in [4.69, 9.17) is 21.4 Å². The number of hydrogen-bond acceptors (Lipinski definition) is 3. The Hall–Kier alpha value is -1.75. The third-order valence-corrected chi connectivity index (χ3v) is 2.91. The second kappa shape index (κ2) is 5.73. The molecule has 0 radical (unpaired) electrons. The smallest absolute Gasteiger partial charge is 0.315 e. The van der Waals surface area contributed by atoms with Crippen molar-refractivity contribution in [1.82, 2.24) is 0 Å². The van der Waals surface area contributed by atoms with Gasteiger partial charge in [-0.05, 0) is 25.5 Å². The largest absolute Gasteiger partial charge is 0.495 e. The Morgan fingerprint density at radius 2 is 2.06 bits per heavy atom. The highest BCUT2D eigenvalue weighted by atomic mass is 35.5. The number of carboxylic acid groups (broad SMARTS) is 1. The van der Waals surface area contributed by atoms with Gasteiger partial charge in [-0.15, -0.1) is 0 Å². The summed E-state index contributed by atoms with van der Waals surface area (Å²) >= 11 is 5.93. The molecule has 0 bridgehead atoms. The molecule has 1 rings (SSSR count). The van der Waals surface area contributed by atoms with Gasteiger partial charge in [0.25, 0.3) is 0 Å². The number of aryl methyl sites for hydroxylation is 1. The van der Waals surface area contributed by atoms with Crippen molar-refractivity contribution in [3.8, 4) is 5.75 Å². The molecule has 1 aromatic rings. The van der Waals surface area contributed by atoms with Gasteiger partial charge in [0, 0.05) is 11.1 Å². The number of benzene rings is 1. The molecule has 0 aromatic heterocycles. The van der Waals surface area contributed by atoms with Crippen LogP contribution in [0.1, 0.15) is 12.5 Å². The van der Waals surface area contributed by atoms with Gasteiger partial charge >= 0.3 is 5.97 Å². The Bertz CT molecular complexity index is 487. The van der Waals surface area contributed by atoms with Crippen molar-refractivity contribution in [1.29, 1.82) is 0 Å². The fraction of sp³-hybridized carbons (Fsp3) is 0.333. The standard InChI is InChI=1S/C12H14ClNO4/c1-6-4-9(10(18-3)5-8(6)13)14-11(15)7(2)12(16)17/h4-5,7H,1-3H3,(H,14,15)(H,16,17). The monoisotopic (exact) mass is 271 g/mol. The van der Waals surface area contributed by atoms with Gasteiger partial charge in [0.2, 0.25) is 5.91 Å². The van der Waals surface area contributed by atoms with Gasteiger partial charge in [0.1, 0.15) is 11.7 Å². The maximum Gasteiger partial charge on any atom is 0.315 e. The van der Waals surface area contributed by atoms with Crippen LogP contribution in [-0.2, 0) is 9.59 Å². The fourth-order valence-electron chi connectivity index (χ4n) is 1.28. The van der Waals surface area contributed by atoms with Crippen molar-refractivity contribution in [2.45, 2.75) is 13.8 Å². The predicted molar refractivity (Wildman–Crippen MR) is 68.2 cm³/mol. The number of methoxy groups -OCH3 is 1. The van der Waals surface area contributed by atoms with Crippen molar-refractivity contribution in [2.75, 3.05) is 12.4 Å². The first kappa shape index (κ1) is 14.3. The Morgan fingerprint density at radius 3 is 2.56 bits per heavy atom. The van der Waals surface area contributed by atoms with Crippen LogP contribution in [0, 0.1) is 12.8 Å². The van der Waals surface area contributed by atoms with E-state index in [-0.39, 0.29) is 0 Å². The summed E-state index contributed by atoms with van der Waals surface area (Å²) in [6, 6.07) is 3.20. The van der Waals surface area contributed by atoms with Crippen LogP contribution in [0.15, 0.2) is 12.1 Å². The summed E-state index contributed by atoms with van der Waals surface area (Å²) in [5.41, 5.74) is 1.16. The van der Waals surface area contributed by atoms with Crippen LogP contribution < -0.4 is 10.1 Å². The first-order valence-corrected chi connectivity index (χ1v) is 5.62. The minimum Gasteiger partial charge on any atom is -0.495 e. The van der Waals surface area contributed by atoms with Crippen molar-refractivity contribution in [2.24, 2.45) is 5.92 Å². The molecule has 1 amide bonds. The second-order valence-electron chi connectivity index (χ2n) is 3.85. The summed E-state index contributed by atoms with van der Waals surface area (Å²) in [4.78, 5) is 22.3. The lowest BCUT2D eigenvalue weighted by Gasteiger charge is -2.13. The molecule has 1 unspecified atom stereocenters. The zero-order valence-corrected chi connectivity index (χ0v) is 11.0. The number of amides is 1. The number of carbonyl (C=O) groups is 2. The van der Waals surface area contributed by atoms with E-state index >= 15 is 0 Å². The van der Waals surface area contributed by atoms with Crippen LogP contribution in [-0.4, -0.2) is 24.1 Å². The van der Waals surface area contributed by atoms with Crippen LogP contribution in [0.5, 0.6) is 5.75 Å². The van der Waals surface area contributed by atoms with Crippen LogP contribution >= 0.6 is 11.6 Å². The number of hydrogen-bond donors (Lipinski definition) is 2. The Kier molecular flexibility index (Phi) is 4.55. The molecule has 0 aliphatic carbocycles. The minimum absolute atomic E-state index is 0.386. The van der Waals surface area contributed by atoms with E-state index in [0.717, 1.165) is 5.56 Å². The first-order valence-electron chi connectivity index (χ1n) is 5.24. The molecular weight excluding hydrogens is 258 g/mol. The highest BCUT2D eigenvalue weighted by molar-refractivity contribution is 6.31. The van der Waals surface area contributed by atoms with Crippen molar-refractivity contribution >= 4 is 29.2 Å². The molecule has 0 saturated heterocycles. The molecule has 2 N–H and O–H groups in total. The van der Waals surface area contributed by atoms with Gasteiger partial charge in [-0.3, -0.25) is 9.59 Å². The van der Waals surface area contributed by atoms with E-state index in [1.807, 2.05) is 0 Å². The molecule has 5 nitrogen and oxygen atoms in total. The van der Waals surface area contributed by atoms with E-state index in [9.17, 15) is 9.59 Å². The van der Waals surface area contributed by atoms with E-state index in [1.165, 1.54) is 14.0 Å². The summed E-state index contributed by atoms with van der Waals surface area (Å²) in [6.45, 7) is 3.09. The zero-order valence-electron chi connectivity index (χ0n) is 10.3. The third kappa shape index (κ3) is 3.13. The first-order chi connectivity index (χ1) is 8.36. The molecule has 98 valence electrons. The maximum absolute atomic E-state index is 11.6. The van der Waals surface area contributed by atoms with E-state index in [0.29, 0.717) is 16.5 Å². The molecule has 0 spiro atoms. The number of halogens is 1. The Morgan fingerprint density at radius 1 is 1.44 bits per heavy atom. The molecule has 0 aliphatic rings. The van der Waals surface area contributed by atoms with Gasteiger partial charge in [-0.1, -0.05) is 11.6 Å². The summed E-state index contributed by atoms with van der Waals surface area (Å²) in [5, 5.41) is 11.8. The summed E-state index contributed by atoms with van der Waals surface area (Å²) in [7, 11) is 1.44. The topological polar surface area (TPSA) is 75.6 Å². The highest BCUT2D eigenvalue weighted by Crippen LogP contribution is 2.31. The van der Waals surface area contributed by atoms with Gasteiger partial charge in [-0.25, -0.2) is 0 Å². The molecule has 0 fully saturated rings. The number of carboxylic acids is 1. The van der Waals surface area contributed by atoms with E-state index < -0.39 is 17.8 Å². The number of carbonyl (C=O) groups excluding carboxylic acids is 1. The van der Waals surface area contributed by atoms with Gasteiger partial charge in [0.15, 0.2) is 0 Å². The molecule has 0 saturated carbocycles. The number of anilines is 1. The zero-order chi connectivity index (χ0) is 13.9. The SMILES string of the molecule is COc1cc(Cl)c(C)cc1NC(=O)C(C)C(=O)O. The molecule has 6 heteroatoms. The third-order valence-electron chi connectivity index (χ3n) is 2.50. The molecule has 1 aromatic carbocycles. The molecular formula is C12H14ClNO4. The minimum atomic E-state index is -1.18. The predicted octanol–water partition coefficient (Wildman–Crippen LogP) is 2.32. The van der Waals surface area contributed by atoms with Gasteiger partial charge in [-0.2, -0.15) is 0 Å². The van der Waals surface area contributed by atoms with Crippen LogP contribution in [0.3, 0.4) is 0 Å². The van der Waals surface area contributed by atoms with Gasteiger partial charge in [0.05, 0.1) is 12.8 Å². The van der Waals surface area contributed by atoms with Crippen LogP contribution in [0.25, 0.3) is 0 Å². The summed E-state index contributed by atoms with van der Waals surface area (Å²) < 4.78 is 5.08. The quantitative estimate of drug-likeness (QED) is 0.824. The van der Waals surface area contributed by atoms with E-state index in [2.05, 4.69) is 5.32 Å². The van der Waals surface area contributed by atoms with E-state index in [1.54, 1.807) is 19.1 Å². The Balaban J connectivity index is 3.00. The van der Waals surface area contributed by atoms with Gasteiger partial charge < -0.3 is 15.2 Å². The van der Waals surface area contributed by atoms with Crippen LogP contribution in [0.4, 0.5) is 5.69 Å². The average Bonchev–Trinajstić information content (AvgIpc) is 2.32. The number of ether oxygens (including phenoxy) is 1. The van der Waals surface area contributed by atoms with Crippen molar-refractivity contribution in [3.05, 3.63) is 22.7 Å². The number of aliphatic carboxylic acids is 1. The number of nitrogens with one attached hydrogen (secondary N) is 1. The number of rotatable bonds is 4. The van der Waals surface area contributed by atoms with Crippen molar-refractivity contribution in [3.63, 3.8) is 0 Å². The van der Waals surface area contributed by atoms with Crippen LogP contribution in [0.2, 0.25) is 5.02 Å². The molecule has 1 atom stereocenters. The average molecular weight is 272 g/mol. The lowest BCUT2D eigenvalue weighted by molar-refractivity contribution is -0.144. The fourth-order valence-corrected chi connectivity index (χ4v) is 1.44. The molecule has 0 aliphatic heterocycles. The van der Waals surface area contributed by atoms with Crippen molar-refractivity contribution < 1.29 is 19.4 Å². The summed E-state index contributed by atoms with van der Waals surface area (Å²) in [6.07, 6.45) is 0.